The van der Waals surface area contributed by atoms with Crippen molar-refractivity contribution >= 4 is 13.3 Å². The van der Waals surface area contributed by atoms with Crippen LogP contribution >= 0.6 is 0 Å². The smallest absolute Gasteiger partial charge is 0.136 e. The third-order valence-corrected chi connectivity index (χ3v) is 1.47. The van der Waals surface area contributed by atoms with E-state index < -0.39 is 0 Å². The molecule has 2 radical (unpaired) electrons. The molecule has 0 bridgehead atoms. The lowest BCUT2D eigenvalue weighted by molar-refractivity contribution is 0.460. The Labute approximate surface area is 67.7 Å². The highest BCUT2D eigenvalue weighted by molar-refractivity contribution is 6.32. The summed E-state index contributed by atoms with van der Waals surface area (Å²) in [6, 6.07) is 1.52. The molecule has 0 saturated carbocycles. The molecule has 0 unspecified atom stereocenters. The van der Waals surface area contributed by atoms with Crippen molar-refractivity contribution in [2.75, 3.05) is 0 Å². The van der Waals surface area contributed by atoms with E-state index in [0.29, 0.717) is 11.2 Å². The van der Waals surface area contributed by atoms with Crippen molar-refractivity contribution in [3.05, 3.63) is 18.0 Å². The second-order valence-electron chi connectivity index (χ2n) is 2.83. The zero-order chi connectivity index (χ0) is 8.43. The van der Waals surface area contributed by atoms with Gasteiger partial charge < -0.3 is 5.11 Å². The number of nitrogens with zero attached hydrogens (tertiary/aromatic N) is 1. The molecule has 0 amide bonds. The third-order valence-electron chi connectivity index (χ3n) is 1.47. The lowest BCUT2D eigenvalue weighted by atomic mass is 9.97. The van der Waals surface area contributed by atoms with Gasteiger partial charge in [0.1, 0.15) is 13.6 Å². The van der Waals surface area contributed by atoms with Crippen LogP contribution in [-0.2, 0) is 0 Å². The molecule has 0 aromatic carbocycles. The molecule has 1 aromatic heterocycles. The van der Waals surface area contributed by atoms with Crippen LogP contribution in [0.15, 0.2) is 12.3 Å². The minimum absolute atomic E-state index is 0.181. The molecule has 0 aliphatic heterocycles. The average Bonchev–Trinajstić information content (AvgIpc) is 1.85. The van der Waals surface area contributed by atoms with E-state index in [-0.39, 0.29) is 11.7 Å². The second-order valence-corrected chi connectivity index (χ2v) is 2.83. The first-order chi connectivity index (χ1) is 5.11. The summed E-state index contributed by atoms with van der Waals surface area (Å²) in [6.07, 6.45) is 1.55. The van der Waals surface area contributed by atoms with Crippen molar-refractivity contribution in [2.24, 2.45) is 0 Å². The van der Waals surface area contributed by atoms with E-state index in [1.54, 1.807) is 6.20 Å². The fraction of sp³-hybridized carbons (Fsp3) is 0.375. The van der Waals surface area contributed by atoms with Gasteiger partial charge in [-0.25, -0.2) is 0 Å². The molecule has 11 heavy (non-hydrogen) atoms. The van der Waals surface area contributed by atoms with E-state index in [4.69, 9.17) is 7.85 Å². The summed E-state index contributed by atoms with van der Waals surface area (Å²) < 4.78 is 0. The monoisotopic (exact) mass is 147 g/mol. The molecule has 56 valence electrons. The van der Waals surface area contributed by atoms with Crippen LogP contribution in [0.25, 0.3) is 0 Å². The van der Waals surface area contributed by atoms with Gasteiger partial charge in [-0.05, 0) is 12.0 Å². The standard InChI is InChI=1S/C8H10BNO/c1-5(2)8-7(11)3-6(9)4-10-8/h3-5,11H,1-2H3. The van der Waals surface area contributed by atoms with Gasteiger partial charge >= 0.3 is 0 Å². The minimum atomic E-state index is 0.181. The summed E-state index contributed by atoms with van der Waals surface area (Å²) in [5.74, 6) is 0.413. The van der Waals surface area contributed by atoms with Gasteiger partial charge in [-0.15, -0.1) is 0 Å². The van der Waals surface area contributed by atoms with Crippen LogP contribution in [0.5, 0.6) is 5.75 Å². The van der Waals surface area contributed by atoms with Gasteiger partial charge in [-0.1, -0.05) is 19.3 Å². The van der Waals surface area contributed by atoms with Gasteiger partial charge in [0, 0.05) is 6.20 Å². The van der Waals surface area contributed by atoms with Gasteiger partial charge in [0.25, 0.3) is 0 Å². The van der Waals surface area contributed by atoms with Gasteiger partial charge in [-0.3, -0.25) is 4.98 Å². The maximum atomic E-state index is 9.32. The van der Waals surface area contributed by atoms with Gasteiger partial charge in [0.2, 0.25) is 0 Å². The number of aromatic nitrogens is 1. The fourth-order valence-electron chi connectivity index (χ4n) is 0.924. The highest BCUT2D eigenvalue weighted by atomic mass is 16.3. The van der Waals surface area contributed by atoms with Crippen molar-refractivity contribution in [2.45, 2.75) is 19.8 Å². The minimum Gasteiger partial charge on any atom is -0.506 e. The SMILES string of the molecule is [B]c1cnc(C(C)C)c(O)c1. The van der Waals surface area contributed by atoms with E-state index in [1.165, 1.54) is 6.07 Å². The molecule has 0 fully saturated rings. The summed E-state index contributed by atoms with van der Waals surface area (Å²) in [7, 11) is 5.41. The number of hydrogen-bond acceptors (Lipinski definition) is 2. The first kappa shape index (κ1) is 8.11. The van der Waals surface area contributed by atoms with Crippen molar-refractivity contribution in [3.63, 3.8) is 0 Å². The highest BCUT2D eigenvalue weighted by Crippen LogP contribution is 2.20. The molecule has 1 N–H and O–H groups in total. The van der Waals surface area contributed by atoms with E-state index in [0.717, 1.165) is 0 Å². The van der Waals surface area contributed by atoms with Crippen molar-refractivity contribution in [1.82, 2.24) is 4.98 Å². The predicted molar refractivity (Wildman–Crippen MR) is 45.4 cm³/mol. The number of rotatable bonds is 1. The maximum absolute atomic E-state index is 9.32. The molecule has 1 heterocycles. The van der Waals surface area contributed by atoms with Crippen LogP contribution < -0.4 is 5.46 Å². The Balaban J connectivity index is 3.09. The summed E-state index contributed by atoms with van der Waals surface area (Å²) in [5.41, 5.74) is 1.19. The van der Waals surface area contributed by atoms with E-state index in [2.05, 4.69) is 4.98 Å². The molecule has 0 aliphatic carbocycles. The Morgan fingerprint density at radius 1 is 1.55 bits per heavy atom. The Kier molecular flexibility index (Phi) is 2.18. The molecular formula is C8H10BNO. The molecule has 0 spiro atoms. The van der Waals surface area contributed by atoms with Crippen LogP contribution in [0.4, 0.5) is 0 Å². The molecular weight excluding hydrogens is 137 g/mol. The average molecular weight is 147 g/mol. The largest absolute Gasteiger partial charge is 0.506 e. The van der Waals surface area contributed by atoms with E-state index >= 15 is 0 Å². The lowest BCUT2D eigenvalue weighted by Crippen LogP contribution is -2.05. The first-order valence-electron chi connectivity index (χ1n) is 3.55. The molecule has 0 saturated heterocycles. The number of pyridine rings is 1. The van der Waals surface area contributed by atoms with E-state index in [9.17, 15) is 5.11 Å². The highest BCUT2D eigenvalue weighted by Gasteiger charge is 2.05. The zero-order valence-corrected chi connectivity index (χ0v) is 6.70. The number of aromatic hydroxyl groups is 1. The maximum Gasteiger partial charge on any atom is 0.136 e. The fourth-order valence-corrected chi connectivity index (χ4v) is 0.924. The Hall–Kier alpha value is -0.985. The summed E-state index contributed by atoms with van der Waals surface area (Å²) in [5, 5.41) is 9.32. The Morgan fingerprint density at radius 2 is 2.18 bits per heavy atom. The van der Waals surface area contributed by atoms with Gasteiger partial charge in [0.05, 0.1) is 5.69 Å². The van der Waals surface area contributed by atoms with Crippen molar-refractivity contribution < 1.29 is 5.11 Å². The van der Waals surface area contributed by atoms with Crippen LogP contribution in [0.1, 0.15) is 25.5 Å². The molecule has 3 heteroatoms. The quantitative estimate of drug-likeness (QED) is 0.593. The van der Waals surface area contributed by atoms with Crippen LogP contribution in [-0.4, -0.2) is 17.9 Å². The van der Waals surface area contributed by atoms with E-state index in [1.807, 2.05) is 13.8 Å². The van der Waals surface area contributed by atoms with Crippen molar-refractivity contribution in [3.8, 4) is 5.75 Å². The van der Waals surface area contributed by atoms with Gasteiger partial charge in [0.15, 0.2) is 0 Å². The Bertz CT molecular complexity index is 260. The second kappa shape index (κ2) is 2.95. The van der Waals surface area contributed by atoms with Gasteiger partial charge in [-0.2, -0.15) is 0 Å². The molecule has 1 rings (SSSR count). The van der Waals surface area contributed by atoms with Crippen molar-refractivity contribution in [1.29, 1.82) is 0 Å². The molecule has 0 atom stereocenters. The Morgan fingerprint density at radius 3 is 2.64 bits per heavy atom. The summed E-state index contributed by atoms with van der Waals surface area (Å²) in [6.45, 7) is 3.94. The van der Waals surface area contributed by atoms with Crippen LogP contribution in [0.3, 0.4) is 0 Å². The molecule has 2 nitrogen and oxygen atoms in total. The van der Waals surface area contributed by atoms with Crippen LogP contribution in [0, 0.1) is 0 Å². The van der Waals surface area contributed by atoms with Crippen LogP contribution in [0.2, 0.25) is 0 Å². The first-order valence-corrected chi connectivity index (χ1v) is 3.55. The predicted octanol–water partition coefficient (Wildman–Crippen LogP) is 0.704. The zero-order valence-electron chi connectivity index (χ0n) is 6.70. The third kappa shape index (κ3) is 1.73. The summed E-state index contributed by atoms with van der Waals surface area (Å²) in [4.78, 5) is 4.00. The molecule has 1 aromatic rings. The number of hydrogen-bond donors (Lipinski definition) is 1. The summed E-state index contributed by atoms with van der Waals surface area (Å²) >= 11 is 0. The topological polar surface area (TPSA) is 33.1 Å². The lowest BCUT2D eigenvalue weighted by Gasteiger charge is -2.06. The molecule has 0 aliphatic rings. The normalized spacial score (nSPS) is 10.5.